The molecule has 0 unspecified atom stereocenters. The summed E-state index contributed by atoms with van der Waals surface area (Å²) in [5.74, 6) is 0.861. The van der Waals surface area contributed by atoms with Gasteiger partial charge in [0, 0.05) is 17.7 Å². The van der Waals surface area contributed by atoms with E-state index in [0.29, 0.717) is 6.42 Å². The van der Waals surface area contributed by atoms with Crippen LogP contribution in [0.5, 0.6) is 0 Å². The summed E-state index contributed by atoms with van der Waals surface area (Å²) in [6.45, 7) is 14.1. The van der Waals surface area contributed by atoms with Gasteiger partial charge in [-0.25, -0.2) is 0 Å². The molecule has 2 rings (SSSR count). The number of amides is 1. The van der Waals surface area contributed by atoms with Crippen LogP contribution in [0.25, 0.3) is 11.1 Å². The predicted octanol–water partition coefficient (Wildman–Crippen LogP) is 4.95. The van der Waals surface area contributed by atoms with Gasteiger partial charge in [-0.3, -0.25) is 4.79 Å². The summed E-state index contributed by atoms with van der Waals surface area (Å²) in [7, 11) is 0. The number of benzene rings is 1. The molecule has 4 nitrogen and oxygen atoms in total. The van der Waals surface area contributed by atoms with Crippen molar-refractivity contribution >= 4 is 11.6 Å². The summed E-state index contributed by atoms with van der Waals surface area (Å²) >= 11 is 0. The summed E-state index contributed by atoms with van der Waals surface area (Å²) in [6, 6.07) is 4.15. The lowest BCUT2D eigenvalue weighted by molar-refractivity contribution is -0.117. The van der Waals surface area contributed by atoms with Crippen LogP contribution in [0, 0.1) is 33.1 Å². The van der Waals surface area contributed by atoms with Crippen LogP contribution in [0.2, 0.25) is 0 Å². The first-order valence-electron chi connectivity index (χ1n) is 7.93. The van der Waals surface area contributed by atoms with Crippen LogP contribution < -0.4 is 5.32 Å². The highest BCUT2D eigenvalue weighted by molar-refractivity contribution is 5.93. The Morgan fingerprint density at radius 2 is 1.70 bits per heavy atom. The molecule has 23 heavy (non-hydrogen) atoms. The number of nitrogens with one attached hydrogen (secondary N) is 1. The average molecular weight is 314 g/mol. The van der Waals surface area contributed by atoms with Gasteiger partial charge < -0.3 is 9.84 Å². The summed E-state index contributed by atoms with van der Waals surface area (Å²) in [5, 5.41) is 7.08. The Balaban J connectivity index is 2.33. The van der Waals surface area contributed by atoms with E-state index in [9.17, 15) is 4.79 Å². The monoisotopic (exact) mass is 314 g/mol. The maximum absolute atomic E-state index is 12.2. The van der Waals surface area contributed by atoms with E-state index < -0.39 is 0 Å². The van der Waals surface area contributed by atoms with Crippen molar-refractivity contribution in [3.63, 3.8) is 0 Å². The van der Waals surface area contributed by atoms with Crippen LogP contribution in [0.1, 0.15) is 49.8 Å². The van der Waals surface area contributed by atoms with Crippen LogP contribution in [-0.4, -0.2) is 11.1 Å². The largest absolute Gasteiger partial charge is 0.361 e. The Morgan fingerprint density at radius 1 is 1.13 bits per heavy atom. The van der Waals surface area contributed by atoms with Gasteiger partial charge in [0.25, 0.3) is 0 Å². The fourth-order valence-corrected chi connectivity index (χ4v) is 2.87. The number of carbonyl (C=O) groups excluding carboxylic acids is 1. The van der Waals surface area contributed by atoms with Gasteiger partial charge in [-0.1, -0.05) is 25.9 Å². The van der Waals surface area contributed by atoms with Crippen molar-refractivity contribution in [1.82, 2.24) is 5.16 Å². The summed E-state index contributed by atoms with van der Waals surface area (Å²) in [6.07, 6.45) is 0.498. The molecule has 0 fully saturated rings. The molecule has 1 amide bonds. The third-order valence-corrected chi connectivity index (χ3v) is 3.81. The quantitative estimate of drug-likeness (QED) is 0.872. The molecule has 0 radical (unpaired) electrons. The smallest absolute Gasteiger partial charge is 0.224 e. The zero-order chi connectivity index (χ0) is 17.4. The molecule has 0 aliphatic heterocycles. The van der Waals surface area contributed by atoms with E-state index >= 15 is 0 Å². The maximum atomic E-state index is 12.2. The molecule has 1 aromatic carbocycles. The lowest BCUT2D eigenvalue weighted by Gasteiger charge is -2.19. The Bertz CT molecular complexity index is 694. The minimum absolute atomic E-state index is 0.0253. The van der Waals surface area contributed by atoms with Crippen molar-refractivity contribution in [2.75, 3.05) is 5.32 Å². The SMILES string of the molecule is Cc1cc(-c2c(C)noc2C)cc(C)c1NC(=O)CC(C)(C)C. The third kappa shape index (κ3) is 4.01. The van der Waals surface area contributed by atoms with Crippen LogP contribution in [0.4, 0.5) is 5.69 Å². The standard InChI is InChI=1S/C19H26N2O2/c1-11-8-15(17-13(3)21-23-14(17)4)9-12(2)18(11)20-16(22)10-19(5,6)7/h8-9H,10H2,1-7H3,(H,20,22). The second-order valence-corrected chi connectivity index (χ2v) is 7.47. The Kier molecular flexibility index (Phi) is 4.64. The summed E-state index contributed by atoms with van der Waals surface area (Å²) < 4.78 is 5.26. The fraction of sp³-hybridized carbons (Fsp3) is 0.474. The number of hydrogen-bond donors (Lipinski definition) is 1. The van der Waals surface area contributed by atoms with Crippen LogP contribution in [-0.2, 0) is 4.79 Å². The number of aryl methyl sites for hydroxylation is 4. The zero-order valence-corrected chi connectivity index (χ0v) is 15.1. The fourth-order valence-electron chi connectivity index (χ4n) is 2.87. The highest BCUT2D eigenvalue weighted by Crippen LogP contribution is 2.32. The van der Waals surface area contributed by atoms with Gasteiger partial charge in [0.1, 0.15) is 5.76 Å². The Labute approximate surface area is 138 Å². The number of anilines is 1. The second-order valence-electron chi connectivity index (χ2n) is 7.47. The second kappa shape index (κ2) is 6.19. The predicted molar refractivity (Wildman–Crippen MR) is 93.6 cm³/mol. The molecule has 0 saturated heterocycles. The molecule has 0 spiro atoms. The summed E-state index contributed by atoms with van der Waals surface area (Å²) in [5.41, 5.74) is 5.95. The Morgan fingerprint density at radius 3 is 2.13 bits per heavy atom. The van der Waals surface area contributed by atoms with Gasteiger partial charge in [-0.2, -0.15) is 0 Å². The summed E-state index contributed by atoms with van der Waals surface area (Å²) in [4.78, 5) is 12.2. The normalized spacial score (nSPS) is 11.6. The van der Waals surface area contributed by atoms with Gasteiger partial charge in [0.05, 0.1) is 5.69 Å². The third-order valence-electron chi connectivity index (χ3n) is 3.81. The van der Waals surface area contributed by atoms with E-state index in [0.717, 1.165) is 39.4 Å². The molecule has 0 saturated carbocycles. The van der Waals surface area contributed by atoms with Crippen LogP contribution in [0.15, 0.2) is 16.7 Å². The van der Waals surface area contributed by atoms with Crippen molar-refractivity contribution in [3.05, 3.63) is 34.7 Å². The molecule has 2 aromatic rings. The first-order chi connectivity index (χ1) is 10.6. The first-order valence-corrected chi connectivity index (χ1v) is 7.93. The molecule has 0 aliphatic carbocycles. The van der Waals surface area contributed by atoms with E-state index in [4.69, 9.17) is 4.52 Å². The van der Waals surface area contributed by atoms with E-state index in [1.165, 1.54) is 0 Å². The number of aromatic nitrogens is 1. The molecule has 4 heteroatoms. The first kappa shape index (κ1) is 17.3. The van der Waals surface area contributed by atoms with Gasteiger partial charge in [-0.15, -0.1) is 0 Å². The van der Waals surface area contributed by atoms with Crippen molar-refractivity contribution in [3.8, 4) is 11.1 Å². The molecule has 0 aliphatic rings. The molecule has 1 aromatic heterocycles. The Hall–Kier alpha value is -2.10. The number of hydrogen-bond acceptors (Lipinski definition) is 3. The van der Waals surface area contributed by atoms with Crippen LogP contribution in [0.3, 0.4) is 0 Å². The number of rotatable bonds is 3. The van der Waals surface area contributed by atoms with Gasteiger partial charge in [-0.05, 0) is 61.9 Å². The highest BCUT2D eigenvalue weighted by atomic mass is 16.5. The minimum atomic E-state index is -0.0253. The van der Waals surface area contributed by atoms with Gasteiger partial charge in [0.15, 0.2) is 0 Å². The lowest BCUT2D eigenvalue weighted by Crippen LogP contribution is -2.20. The number of carbonyl (C=O) groups is 1. The van der Waals surface area contributed by atoms with E-state index in [2.05, 4.69) is 43.4 Å². The van der Waals surface area contributed by atoms with Crippen LogP contribution >= 0.6 is 0 Å². The minimum Gasteiger partial charge on any atom is -0.361 e. The van der Waals surface area contributed by atoms with Crippen molar-refractivity contribution in [2.45, 2.75) is 54.9 Å². The lowest BCUT2D eigenvalue weighted by atomic mass is 9.91. The molecule has 1 N–H and O–H groups in total. The van der Waals surface area contributed by atoms with Gasteiger partial charge >= 0.3 is 0 Å². The molecular formula is C19H26N2O2. The highest BCUT2D eigenvalue weighted by Gasteiger charge is 2.18. The maximum Gasteiger partial charge on any atom is 0.224 e. The van der Waals surface area contributed by atoms with E-state index in [1.54, 1.807) is 0 Å². The van der Waals surface area contributed by atoms with Gasteiger partial charge in [0.2, 0.25) is 5.91 Å². The van der Waals surface area contributed by atoms with Crippen molar-refractivity contribution in [1.29, 1.82) is 0 Å². The molecule has 0 bridgehead atoms. The zero-order valence-electron chi connectivity index (χ0n) is 15.1. The van der Waals surface area contributed by atoms with Crippen molar-refractivity contribution < 1.29 is 9.32 Å². The molecule has 1 heterocycles. The number of nitrogens with zero attached hydrogens (tertiary/aromatic N) is 1. The average Bonchev–Trinajstić information content (AvgIpc) is 2.71. The topological polar surface area (TPSA) is 55.1 Å². The molecular weight excluding hydrogens is 288 g/mol. The van der Waals surface area contributed by atoms with E-state index in [1.807, 2.05) is 27.7 Å². The van der Waals surface area contributed by atoms with Crippen molar-refractivity contribution in [2.24, 2.45) is 5.41 Å². The molecule has 0 atom stereocenters. The molecule has 124 valence electrons. The van der Waals surface area contributed by atoms with E-state index in [-0.39, 0.29) is 11.3 Å².